The number of hydrogen-bond acceptors (Lipinski definition) is 5. The van der Waals surface area contributed by atoms with Crippen molar-refractivity contribution >= 4 is 39.4 Å². The van der Waals surface area contributed by atoms with E-state index in [1.807, 2.05) is 24.3 Å². The number of nitrogens with zero attached hydrogens (tertiary/aromatic N) is 3. The smallest absolute Gasteiger partial charge is 0.278 e. The van der Waals surface area contributed by atoms with Gasteiger partial charge < -0.3 is 10.2 Å². The standard InChI is InChI=1S/C18H16N4O3/c1-12(23)21(2)14-5-3-13(4-6-14)20-17-7-8-18(22(24)25)16-11-19-10-9-15(16)17/h3-11,20H,1-2H3. The molecule has 1 heterocycles. The Morgan fingerprint density at radius 3 is 2.48 bits per heavy atom. The van der Waals surface area contributed by atoms with Crippen LogP contribution < -0.4 is 10.2 Å². The zero-order valence-corrected chi connectivity index (χ0v) is 13.8. The quantitative estimate of drug-likeness (QED) is 0.577. The Morgan fingerprint density at radius 1 is 1.12 bits per heavy atom. The van der Waals surface area contributed by atoms with Crippen molar-refractivity contribution in [2.75, 3.05) is 17.3 Å². The fraction of sp³-hybridized carbons (Fsp3) is 0.111. The number of nitro benzene ring substituents is 1. The zero-order valence-electron chi connectivity index (χ0n) is 13.8. The van der Waals surface area contributed by atoms with Gasteiger partial charge in [0.25, 0.3) is 5.69 Å². The van der Waals surface area contributed by atoms with Gasteiger partial charge in [0.1, 0.15) is 0 Å². The van der Waals surface area contributed by atoms with Crippen molar-refractivity contribution in [1.82, 2.24) is 4.98 Å². The van der Waals surface area contributed by atoms with Crippen molar-refractivity contribution in [3.05, 3.63) is 65.0 Å². The highest BCUT2D eigenvalue weighted by Crippen LogP contribution is 2.32. The van der Waals surface area contributed by atoms with Gasteiger partial charge in [0.15, 0.2) is 0 Å². The molecular weight excluding hydrogens is 320 g/mol. The molecule has 0 saturated heterocycles. The summed E-state index contributed by atoms with van der Waals surface area (Å²) >= 11 is 0. The summed E-state index contributed by atoms with van der Waals surface area (Å²) in [7, 11) is 1.71. The van der Waals surface area contributed by atoms with Crippen LogP contribution in [0.25, 0.3) is 10.8 Å². The fourth-order valence-corrected chi connectivity index (χ4v) is 2.55. The summed E-state index contributed by atoms with van der Waals surface area (Å²) in [5.74, 6) is -0.0467. The summed E-state index contributed by atoms with van der Waals surface area (Å²) in [4.78, 5) is 27.7. The summed E-state index contributed by atoms with van der Waals surface area (Å²) in [5, 5.41) is 15.6. The molecule has 0 unspecified atom stereocenters. The molecule has 25 heavy (non-hydrogen) atoms. The Morgan fingerprint density at radius 2 is 1.84 bits per heavy atom. The molecule has 0 spiro atoms. The minimum atomic E-state index is -0.416. The second kappa shape index (κ2) is 6.56. The average Bonchev–Trinajstić information content (AvgIpc) is 2.61. The lowest BCUT2D eigenvalue weighted by Crippen LogP contribution is -2.22. The number of fused-ring (bicyclic) bond motifs is 1. The number of non-ortho nitro benzene ring substituents is 1. The highest BCUT2D eigenvalue weighted by Gasteiger charge is 2.14. The van der Waals surface area contributed by atoms with Crippen molar-refractivity contribution in [2.24, 2.45) is 0 Å². The SMILES string of the molecule is CC(=O)N(C)c1ccc(Nc2ccc([N+](=O)[O-])c3cnccc23)cc1. The molecular formula is C18H16N4O3. The van der Waals surface area contributed by atoms with Gasteiger partial charge in [-0.25, -0.2) is 0 Å². The minimum absolute atomic E-state index is 0.0204. The van der Waals surface area contributed by atoms with E-state index in [-0.39, 0.29) is 11.6 Å². The molecule has 2 aromatic carbocycles. The van der Waals surface area contributed by atoms with Crippen molar-refractivity contribution in [3.8, 4) is 0 Å². The number of pyridine rings is 1. The van der Waals surface area contributed by atoms with Crippen molar-refractivity contribution in [2.45, 2.75) is 6.92 Å². The molecule has 1 amide bonds. The third-order valence-electron chi connectivity index (χ3n) is 4.00. The molecule has 3 aromatic rings. The maximum Gasteiger partial charge on any atom is 0.278 e. The van der Waals surface area contributed by atoms with Crippen LogP contribution in [-0.4, -0.2) is 22.9 Å². The Hall–Kier alpha value is -3.48. The monoisotopic (exact) mass is 336 g/mol. The summed E-state index contributed by atoms with van der Waals surface area (Å²) < 4.78 is 0. The van der Waals surface area contributed by atoms with E-state index in [4.69, 9.17) is 0 Å². The van der Waals surface area contributed by atoms with E-state index >= 15 is 0 Å². The molecule has 1 aromatic heterocycles. The molecule has 0 aliphatic rings. The largest absolute Gasteiger partial charge is 0.355 e. The topological polar surface area (TPSA) is 88.4 Å². The van der Waals surface area contributed by atoms with Crippen LogP contribution in [0.1, 0.15) is 6.92 Å². The molecule has 0 aliphatic carbocycles. The van der Waals surface area contributed by atoms with Gasteiger partial charge in [-0.2, -0.15) is 0 Å². The summed E-state index contributed by atoms with van der Waals surface area (Å²) in [6, 6.07) is 12.2. The van der Waals surface area contributed by atoms with Gasteiger partial charge in [0.2, 0.25) is 5.91 Å². The number of anilines is 3. The Kier molecular flexibility index (Phi) is 4.30. The van der Waals surface area contributed by atoms with E-state index in [9.17, 15) is 14.9 Å². The molecule has 126 valence electrons. The van der Waals surface area contributed by atoms with Crippen LogP contribution in [0.3, 0.4) is 0 Å². The predicted molar refractivity (Wildman–Crippen MR) is 97.2 cm³/mol. The van der Waals surface area contributed by atoms with Crippen LogP contribution >= 0.6 is 0 Å². The summed E-state index contributed by atoms with van der Waals surface area (Å²) in [6.45, 7) is 1.50. The van der Waals surface area contributed by atoms with Crippen LogP contribution in [0.15, 0.2) is 54.9 Å². The van der Waals surface area contributed by atoms with Crippen LogP contribution in [-0.2, 0) is 4.79 Å². The average molecular weight is 336 g/mol. The van der Waals surface area contributed by atoms with Gasteiger partial charge in [-0.15, -0.1) is 0 Å². The van der Waals surface area contributed by atoms with E-state index in [1.54, 1.807) is 30.3 Å². The van der Waals surface area contributed by atoms with Gasteiger partial charge >= 0.3 is 0 Å². The maximum absolute atomic E-state index is 11.4. The number of aromatic nitrogens is 1. The van der Waals surface area contributed by atoms with E-state index in [0.717, 1.165) is 17.1 Å². The number of nitrogens with one attached hydrogen (secondary N) is 1. The van der Waals surface area contributed by atoms with Crippen LogP contribution in [0.2, 0.25) is 0 Å². The summed E-state index contributed by atoms with van der Waals surface area (Å²) in [5.41, 5.74) is 2.37. The van der Waals surface area contributed by atoms with Crippen LogP contribution in [0.5, 0.6) is 0 Å². The molecule has 1 N–H and O–H groups in total. The lowest BCUT2D eigenvalue weighted by atomic mass is 10.1. The third-order valence-corrected chi connectivity index (χ3v) is 4.00. The molecule has 3 rings (SSSR count). The molecule has 0 saturated carbocycles. The summed E-state index contributed by atoms with van der Waals surface area (Å²) in [6.07, 6.45) is 3.09. The second-order valence-electron chi connectivity index (χ2n) is 5.56. The van der Waals surface area contributed by atoms with E-state index < -0.39 is 4.92 Å². The lowest BCUT2D eigenvalue weighted by molar-refractivity contribution is -0.383. The van der Waals surface area contributed by atoms with Gasteiger partial charge in [-0.1, -0.05) is 0 Å². The number of benzene rings is 2. The molecule has 0 aliphatic heterocycles. The number of nitro groups is 1. The minimum Gasteiger partial charge on any atom is -0.355 e. The first kappa shape index (κ1) is 16.4. The number of amides is 1. The van der Waals surface area contributed by atoms with E-state index in [0.29, 0.717) is 10.8 Å². The van der Waals surface area contributed by atoms with Gasteiger partial charge in [-0.05, 0) is 36.4 Å². The highest BCUT2D eigenvalue weighted by atomic mass is 16.6. The molecule has 0 radical (unpaired) electrons. The fourth-order valence-electron chi connectivity index (χ4n) is 2.55. The van der Waals surface area contributed by atoms with Crippen molar-refractivity contribution < 1.29 is 9.72 Å². The zero-order chi connectivity index (χ0) is 18.0. The van der Waals surface area contributed by atoms with Crippen LogP contribution in [0, 0.1) is 10.1 Å². The normalized spacial score (nSPS) is 10.5. The number of rotatable bonds is 4. The van der Waals surface area contributed by atoms with E-state index in [2.05, 4.69) is 10.3 Å². The van der Waals surface area contributed by atoms with Gasteiger partial charge in [0.05, 0.1) is 10.3 Å². The Bertz CT molecular complexity index is 954. The first-order chi connectivity index (χ1) is 12.0. The lowest BCUT2D eigenvalue weighted by Gasteiger charge is -2.16. The number of hydrogen-bond donors (Lipinski definition) is 1. The molecule has 7 nitrogen and oxygen atoms in total. The first-order valence-corrected chi connectivity index (χ1v) is 7.60. The first-order valence-electron chi connectivity index (χ1n) is 7.60. The Balaban J connectivity index is 1.95. The van der Waals surface area contributed by atoms with Gasteiger partial charge in [-0.3, -0.25) is 19.9 Å². The Labute approximate surface area is 144 Å². The molecule has 0 bridgehead atoms. The van der Waals surface area contributed by atoms with Crippen molar-refractivity contribution in [1.29, 1.82) is 0 Å². The predicted octanol–water partition coefficient (Wildman–Crippen LogP) is 3.87. The van der Waals surface area contributed by atoms with Crippen LogP contribution in [0.4, 0.5) is 22.7 Å². The van der Waals surface area contributed by atoms with Gasteiger partial charge in [0, 0.05) is 54.9 Å². The molecule has 0 fully saturated rings. The number of carbonyl (C=O) groups is 1. The maximum atomic E-state index is 11.4. The molecule has 7 heteroatoms. The second-order valence-corrected chi connectivity index (χ2v) is 5.56. The highest BCUT2D eigenvalue weighted by molar-refractivity contribution is 6.00. The van der Waals surface area contributed by atoms with Crippen molar-refractivity contribution in [3.63, 3.8) is 0 Å². The van der Waals surface area contributed by atoms with E-state index in [1.165, 1.54) is 19.2 Å². The molecule has 0 atom stereocenters. The number of carbonyl (C=O) groups excluding carboxylic acids is 1. The third kappa shape index (κ3) is 3.25.